The van der Waals surface area contributed by atoms with Gasteiger partial charge in [-0.15, -0.1) is 0 Å². The van der Waals surface area contributed by atoms with E-state index in [1.54, 1.807) is 0 Å². The molecule has 2 aromatic carbocycles. The van der Waals surface area contributed by atoms with Gasteiger partial charge < -0.3 is 16.4 Å². The number of allylic oxidation sites excluding steroid dienone is 4. The smallest absolute Gasteiger partial charge is 0.0448 e. The molecule has 0 bridgehead atoms. The van der Waals surface area contributed by atoms with Crippen LogP contribution in [-0.4, -0.2) is 41.5 Å². The number of rotatable bonds is 4. The minimum absolute atomic E-state index is 0.461. The first-order chi connectivity index (χ1) is 20.2. The molecule has 41 heavy (non-hydrogen) atoms. The van der Waals surface area contributed by atoms with E-state index in [2.05, 4.69) is 64.6 Å². The van der Waals surface area contributed by atoms with Gasteiger partial charge in [0, 0.05) is 59.9 Å². The van der Waals surface area contributed by atoms with Crippen LogP contribution in [0.3, 0.4) is 0 Å². The first kappa shape index (κ1) is 26.1. The largest absolute Gasteiger partial charge is 0.398 e. The fraction of sp³-hybridized carbons (Fsp3) is 0.568. The molecule has 2 aromatic rings. The molecular weight excluding hydrogens is 500 g/mol. The van der Waals surface area contributed by atoms with Crippen LogP contribution in [0.4, 0.5) is 5.69 Å². The summed E-state index contributed by atoms with van der Waals surface area (Å²) in [7, 11) is 0. The highest BCUT2D eigenvalue weighted by Crippen LogP contribution is 2.53. The van der Waals surface area contributed by atoms with Crippen LogP contribution < -0.4 is 21.9 Å². The molecule has 4 fully saturated rings. The standard InChI is InChI=1S/C37H48N4/c38-34-20-30-28-14-5-7-16-36(28)40(22-32(30)24-10-1-3-12-26(24)34)18-9-19-41-23-33-25-11-2-4-13-27(25)35(39)21-31(33)29-15-6-8-17-37(29)41/h1,3,5,7,10,12,16,20,22,25,27,29,31,33,35,37H,2,4,6,8-9,11,13-15,17-19,21,23,38-39H2. The lowest BCUT2D eigenvalue weighted by atomic mass is 9.53. The summed E-state index contributed by atoms with van der Waals surface area (Å²) in [6.07, 6.45) is 24.1. The number of benzene rings is 2. The summed E-state index contributed by atoms with van der Waals surface area (Å²) >= 11 is 0. The number of piperidine rings is 1. The van der Waals surface area contributed by atoms with Crippen LogP contribution in [0.5, 0.6) is 0 Å². The minimum Gasteiger partial charge on any atom is -0.398 e. The van der Waals surface area contributed by atoms with Crippen molar-refractivity contribution in [3.8, 4) is 0 Å². The van der Waals surface area contributed by atoms with E-state index in [4.69, 9.17) is 11.5 Å². The second kappa shape index (κ2) is 10.6. The fourth-order valence-corrected chi connectivity index (χ4v) is 10.5. The van der Waals surface area contributed by atoms with E-state index in [9.17, 15) is 0 Å². The monoisotopic (exact) mass is 548 g/mol. The molecule has 0 aromatic heterocycles. The summed E-state index contributed by atoms with van der Waals surface area (Å²) in [6.45, 7) is 3.63. The molecule has 4 aliphatic carbocycles. The summed E-state index contributed by atoms with van der Waals surface area (Å²) in [4.78, 5) is 5.55. The number of nitrogen functional groups attached to an aromatic ring is 1. The Kier molecular flexibility index (Phi) is 6.76. The van der Waals surface area contributed by atoms with Crippen molar-refractivity contribution in [1.82, 2.24) is 9.80 Å². The molecule has 216 valence electrons. The van der Waals surface area contributed by atoms with Crippen molar-refractivity contribution in [2.24, 2.45) is 35.3 Å². The van der Waals surface area contributed by atoms with Gasteiger partial charge in [-0.1, -0.05) is 62.1 Å². The van der Waals surface area contributed by atoms with Gasteiger partial charge in [-0.2, -0.15) is 0 Å². The topological polar surface area (TPSA) is 58.5 Å². The predicted molar refractivity (Wildman–Crippen MR) is 171 cm³/mol. The molecule has 7 unspecified atom stereocenters. The third kappa shape index (κ3) is 4.39. The first-order valence-corrected chi connectivity index (χ1v) is 16.8. The maximum absolute atomic E-state index is 6.90. The molecule has 4 nitrogen and oxygen atoms in total. The second-order valence-electron chi connectivity index (χ2n) is 14.2. The number of hydrogen-bond acceptors (Lipinski definition) is 4. The van der Waals surface area contributed by atoms with Crippen LogP contribution >= 0.6 is 0 Å². The van der Waals surface area contributed by atoms with Gasteiger partial charge >= 0.3 is 0 Å². The number of fused-ring (bicyclic) bond motifs is 9. The van der Waals surface area contributed by atoms with Crippen LogP contribution in [0.15, 0.2) is 54.3 Å². The zero-order chi connectivity index (χ0) is 27.5. The summed E-state index contributed by atoms with van der Waals surface area (Å²) in [5.74, 6) is 4.32. The molecule has 4 N–H and O–H groups in total. The molecule has 2 heterocycles. The molecular formula is C37H48N4. The fourth-order valence-electron chi connectivity index (χ4n) is 10.5. The van der Waals surface area contributed by atoms with Crippen molar-refractivity contribution in [2.75, 3.05) is 25.4 Å². The van der Waals surface area contributed by atoms with Crippen molar-refractivity contribution in [1.29, 1.82) is 0 Å². The van der Waals surface area contributed by atoms with Crippen molar-refractivity contribution in [2.45, 2.75) is 82.7 Å². The summed E-state index contributed by atoms with van der Waals surface area (Å²) in [5, 5.41) is 5.10. The third-order valence-electron chi connectivity index (χ3n) is 12.2. The number of nitrogens with two attached hydrogens (primary N) is 2. The molecule has 7 atom stereocenters. The number of anilines is 1. The van der Waals surface area contributed by atoms with Gasteiger partial charge in [0.2, 0.25) is 0 Å². The zero-order valence-electron chi connectivity index (χ0n) is 24.7. The van der Waals surface area contributed by atoms with Crippen molar-refractivity contribution in [3.05, 3.63) is 64.7 Å². The lowest BCUT2D eigenvalue weighted by molar-refractivity contribution is -0.0890. The van der Waals surface area contributed by atoms with Gasteiger partial charge in [-0.05, 0) is 103 Å². The molecule has 8 rings (SSSR count). The minimum atomic E-state index is 0.461. The summed E-state index contributed by atoms with van der Waals surface area (Å²) in [6, 6.07) is 12.1. The molecule has 6 aliphatic rings. The van der Waals surface area contributed by atoms with Crippen LogP contribution in [0.1, 0.15) is 70.6 Å². The van der Waals surface area contributed by atoms with Gasteiger partial charge in [0.15, 0.2) is 0 Å². The molecule has 0 spiro atoms. The van der Waals surface area contributed by atoms with E-state index < -0.39 is 0 Å². The van der Waals surface area contributed by atoms with Crippen LogP contribution in [0, 0.1) is 29.6 Å². The maximum atomic E-state index is 6.90. The van der Waals surface area contributed by atoms with Crippen molar-refractivity contribution >= 4 is 28.2 Å². The zero-order valence-corrected chi connectivity index (χ0v) is 24.7. The van der Waals surface area contributed by atoms with Crippen LogP contribution in [-0.2, 0) is 0 Å². The molecule has 3 saturated carbocycles. The van der Waals surface area contributed by atoms with Crippen molar-refractivity contribution < 1.29 is 0 Å². The van der Waals surface area contributed by atoms with E-state index in [0.29, 0.717) is 6.04 Å². The second-order valence-corrected chi connectivity index (χ2v) is 14.2. The first-order valence-electron chi connectivity index (χ1n) is 16.8. The molecule has 0 radical (unpaired) electrons. The Labute approximate surface area is 245 Å². The Morgan fingerprint density at radius 1 is 0.829 bits per heavy atom. The van der Waals surface area contributed by atoms with E-state index in [-0.39, 0.29) is 0 Å². The van der Waals surface area contributed by atoms with Crippen molar-refractivity contribution in [3.63, 3.8) is 0 Å². The third-order valence-corrected chi connectivity index (χ3v) is 12.2. The number of likely N-dealkylation sites (tertiary alicyclic amines) is 1. The maximum Gasteiger partial charge on any atom is 0.0448 e. The highest BCUT2D eigenvalue weighted by molar-refractivity contribution is 5.95. The van der Waals surface area contributed by atoms with Gasteiger partial charge in [-0.25, -0.2) is 0 Å². The summed E-state index contributed by atoms with van der Waals surface area (Å²) in [5.41, 5.74) is 17.1. The van der Waals surface area contributed by atoms with E-state index >= 15 is 0 Å². The average Bonchev–Trinajstić information content (AvgIpc) is 3.02. The highest BCUT2D eigenvalue weighted by atomic mass is 15.2. The Morgan fingerprint density at radius 3 is 2.49 bits per heavy atom. The quantitative estimate of drug-likeness (QED) is 0.495. The van der Waals surface area contributed by atoms with Gasteiger partial charge in [0.05, 0.1) is 0 Å². The average molecular weight is 549 g/mol. The van der Waals surface area contributed by atoms with Crippen LogP contribution in [0.2, 0.25) is 0 Å². The molecule has 1 saturated heterocycles. The Hall–Kier alpha value is -2.56. The Bertz CT molecular complexity index is 1500. The van der Waals surface area contributed by atoms with Crippen LogP contribution in [0.25, 0.3) is 22.5 Å². The lowest BCUT2D eigenvalue weighted by Crippen LogP contribution is -2.61. The van der Waals surface area contributed by atoms with E-state index in [1.807, 2.05) is 0 Å². The summed E-state index contributed by atoms with van der Waals surface area (Å²) < 4.78 is 0. The van der Waals surface area contributed by atoms with E-state index in [1.165, 1.54) is 110 Å². The SMILES string of the molecule is Nc1cc2c(c3ccccc13)=CN(CCCN1CC3C4CCCCC4C(N)CC3C3CCCCC31)C1=CC=CCC=21. The van der Waals surface area contributed by atoms with E-state index in [0.717, 1.165) is 54.3 Å². The van der Waals surface area contributed by atoms with Gasteiger partial charge in [0.1, 0.15) is 0 Å². The lowest BCUT2D eigenvalue weighted by Gasteiger charge is -2.59. The molecule has 2 aliphatic heterocycles. The van der Waals surface area contributed by atoms with Gasteiger partial charge in [-0.3, -0.25) is 4.90 Å². The predicted octanol–water partition coefficient (Wildman–Crippen LogP) is 5.50. The molecule has 0 amide bonds. The highest BCUT2D eigenvalue weighted by Gasteiger charge is 2.52. The Balaban J connectivity index is 1.06. The number of nitrogens with zero attached hydrogens (tertiary/aromatic N) is 2. The number of hydrogen-bond donors (Lipinski definition) is 2. The van der Waals surface area contributed by atoms with Gasteiger partial charge in [0.25, 0.3) is 0 Å². The molecule has 4 heteroatoms. The normalized spacial score (nSPS) is 34.6. The Morgan fingerprint density at radius 2 is 1.61 bits per heavy atom.